The lowest BCUT2D eigenvalue weighted by Crippen LogP contribution is -2.43. The Hall–Kier alpha value is -1.76. The third kappa shape index (κ3) is 3.35. The molecular formula is C15H23N5OS. The van der Waals surface area contributed by atoms with Gasteiger partial charge in [0.1, 0.15) is 11.3 Å². The fourth-order valence-electron chi connectivity index (χ4n) is 1.90. The Labute approximate surface area is 135 Å². The molecule has 2 aromatic rings. The number of carbonyl (C=O) groups excluding carboxylic acids is 1. The molecule has 0 fully saturated rings. The molecule has 0 saturated carbocycles. The summed E-state index contributed by atoms with van der Waals surface area (Å²) in [5.41, 5.74) is 0.249. The average Bonchev–Trinajstić information content (AvgIpc) is 3.06. The van der Waals surface area contributed by atoms with Crippen LogP contribution in [-0.4, -0.2) is 25.7 Å². The van der Waals surface area contributed by atoms with Gasteiger partial charge in [-0.25, -0.2) is 14.6 Å². The highest BCUT2D eigenvalue weighted by atomic mass is 32.1. The van der Waals surface area contributed by atoms with Crippen molar-refractivity contribution >= 4 is 17.2 Å². The minimum atomic E-state index is -0.511. The molecule has 2 aromatic heterocycles. The van der Waals surface area contributed by atoms with Crippen LogP contribution >= 0.6 is 11.3 Å². The van der Waals surface area contributed by atoms with E-state index in [1.165, 1.54) is 0 Å². The first-order chi connectivity index (χ1) is 10.2. The van der Waals surface area contributed by atoms with Crippen LogP contribution in [0.2, 0.25) is 0 Å². The topological polar surface area (TPSA) is 72.7 Å². The average molecular weight is 321 g/mol. The van der Waals surface area contributed by atoms with Crippen LogP contribution in [-0.2, 0) is 11.1 Å². The van der Waals surface area contributed by atoms with E-state index in [-0.39, 0.29) is 17.3 Å². The zero-order valence-electron chi connectivity index (χ0n) is 14.0. The van der Waals surface area contributed by atoms with Crippen LogP contribution in [0.15, 0.2) is 11.7 Å². The van der Waals surface area contributed by atoms with E-state index in [9.17, 15) is 4.79 Å². The van der Waals surface area contributed by atoms with E-state index < -0.39 is 5.54 Å². The predicted molar refractivity (Wildman–Crippen MR) is 87.0 cm³/mol. The molecule has 0 aromatic carbocycles. The Balaban J connectivity index is 2.21. The minimum Gasteiger partial charge on any atom is -0.338 e. The van der Waals surface area contributed by atoms with Crippen LogP contribution in [0.25, 0.3) is 0 Å². The third-order valence-corrected chi connectivity index (χ3v) is 4.79. The van der Waals surface area contributed by atoms with E-state index in [1.54, 1.807) is 22.3 Å². The molecule has 1 N–H and O–H groups in total. The normalized spacial score (nSPS) is 14.6. The number of nitrogens with one attached hydrogen (secondary N) is 1. The summed E-state index contributed by atoms with van der Waals surface area (Å²) in [4.78, 5) is 21.1. The maximum Gasteiger partial charge on any atom is 0.291 e. The second kappa shape index (κ2) is 5.79. The Bertz CT molecular complexity index is 670. The summed E-state index contributed by atoms with van der Waals surface area (Å²) in [6.45, 7) is 12.0. The van der Waals surface area contributed by atoms with Crippen molar-refractivity contribution in [2.45, 2.75) is 59.0 Å². The minimum absolute atomic E-state index is 0.183. The second-order valence-electron chi connectivity index (χ2n) is 6.62. The lowest BCUT2D eigenvalue weighted by molar-refractivity contribution is 0.0890. The molecule has 120 valence electrons. The van der Waals surface area contributed by atoms with Crippen molar-refractivity contribution in [3.05, 3.63) is 28.2 Å². The van der Waals surface area contributed by atoms with Crippen LogP contribution in [0.5, 0.6) is 0 Å². The third-order valence-electron chi connectivity index (χ3n) is 3.57. The number of nitrogens with zero attached hydrogens (tertiary/aromatic N) is 4. The maximum absolute atomic E-state index is 12.5. The molecule has 6 nitrogen and oxygen atoms in total. The van der Waals surface area contributed by atoms with Gasteiger partial charge in [0, 0.05) is 11.1 Å². The smallest absolute Gasteiger partial charge is 0.291 e. The summed E-state index contributed by atoms with van der Waals surface area (Å²) < 4.78 is 1.69. The zero-order chi connectivity index (χ0) is 16.5. The van der Waals surface area contributed by atoms with Crippen LogP contribution in [0.3, 0.4) is 0 Å². The van der Waals surface area contributed by atoms with Crippen LogP contribution in [0.1, 0.15) is 62.4 Å². The zero-order valence-corrected chi connectivity index (χ0v) is 14.8. The molecule has 1 atom stereocenters. The van der Waals surface area contributed by atoms with Crippen LogP contribution in [0, 0.1) is 6.92 Å². The molecule has 0 radical (unpaired) electrons. The van der Waals surface area contributed by atoms with E-state index >= 15 is 0 Å². The SMILES string of the molecule is CCC(C)(NC(=O)c1ncn(C(C)(C)C)n1)c1nc(C)cs1. The quantitative estimate of drug-likeness (QED) is 0.940. The molecule has 2 rings (SSSR count). The van der Waals surface area contributed by atoms with Gasteiger partial charge in [0.25, 0.3) is 5.91 Å². The molecule has 0 aliphatic rings. The van der Waals surface area contributed by atoms with Gasteiger partial charge in [0.2, 0.25) is 5.82 Å². The highest BCUT2D eigenvalue weighted by Crippen LogP contribution is 2.27. The molecular weight excluding hydrogens is 298 g/mol. The molecule has 7 heteroatoms. The monoisotopic (exact) mass is 321 g/mol. The number of hydrogen-bond donors (Lipinski definition) is 1. The van der Waals surface area contributed by atoms with E-state index in [1.807, 2.05) is 46.9 Å². The summed E-state index contributed by atoms with van der Waals surface area (Å²) in [5.74, 6) is -0.0944. The van der Waals surface area contributed by atoms with Crippen molar-refractivity contribution in [1.29, 1.82) is 0 Å². The molecule has 0 aliphatic heterocycles. The Morgan fingerprint density at radius 1 is 1.36 bits per heavy atom. The number of amides is 1. The summed E-state index contributed by atoms with van der Waals surface area (Å²) in [6, 6.07) is 0. The van der Waals surface area contributed by atoms with Gasteiger partial charge in [0.05, 0.1) is 11.1 Å². The Morgan fingerprint density at radius 3 is 2.50 bits per heavy atom. The lowest BCUT2D eigenvalue weighted by atomic mass is 10.00. The van der Waals surface area contributed by atoms with E-state index in [0.717, 1.165) is 17.1 Å². The van der Waals surface area contributed by atoms with Gasteiger partial charge in [0.15, 0.2) is 0 Å². The highest BCUT2D eigenvalue weighted by Gasteiger charge is 2.31. The second-order valence-corrected chi connectivity index (χ2v) is 7.48. The van der Waals surface area contributed by atoms with Gasteiger partial charge in [-0.2, -0.15) is 0 Å². The van der Waals surface area contributed by atoms with E-state index in [2.05, 4.69) is 20.4 Å². The summed E-state index contributed by atoms with van der Waals surface area (Å²) >= 11 is 1.56. The van der Waals surface area contributed by atoms with Gasteiger partial charge in [-0.05, 0) is 41.0 Å². The Kier molecular flexibility index (Phi) is 4.37. The standard InChI is InChI=1S/C15H23N5OS/c1-7-15(6,13-17-10(2)8-22-13)18-12(21)11-16-9-20(19-11)14(3,4)5/h8-9H,7H2,1-6H3,(H,18,21). The van der Waals surface area contributed by atoms with Crippen molar-refractivity contribution in [2.75, 3.05) is 0 Å². The highest BCUT2D eigenvalue weighted by molar-refractivity contribution is 7.09. The van der Waals surface area contributed by atoms with E-state index in [0.29, 0.717) is 0 Å². The predicted octanol–water partition coefficient (Wildman–Crippen LogP) is 2.85. The molecule has 0 spiro atoms. The fourth-order valence-corrected chi connectivity index (χ4v) is 2.88. The molecule has 1 unspecified atom stereocenters. The molecule has 2 heterocycles. The molecule has 0 saturated heterocycles. The number of hydrogen-bond acceptors (Lipinski definition) is 5. The van der Waals surface area contributed by atoms with E-state index in [4.69, 9.17) is 0 Å². The summed E-state index contributed by atoms with van der Waals surface area (Å²) in [6.07, 6.45) is 2.33. The maximum atomic E-state index is 12.5. The molecule has 0 bridgehead atoms. The van der Waals surface area contributed by atoms with Crippen LogP contribution < -0.4 is 5.32 Å². The van der Waals surface area contributed by atoms with Gasteiger partial charge in [-0.1, -0.05) is 6.92 Å². The first-order valence-electron chi connectivity index (χ1n) is 7.33. The first kappa shape index (κ1) is 16.6. The Morgan fingerprint density at radius 2 is 2.05 bits per heavy atom. The van der Waals surface area contributed by atoms with Crippen molar-refractivity contribution < 1.29 is 4.79 Å². The number of aromatic nitrogens is 4. The van der Waals surface area contributed by atoms with Crippen molar-refractivity contribution in [3.8, 4) is 0 Å². The van der Waals surface area contributed by atoms with Gasteiger partial charge >= 0.3 is 0 Å². The van der Waals surface area contributed by atoms with Crippen molar-refractivity contribution in [3.63, 3.8) is 0 Å². The molecule has 1 amide bonds. The van der Waals surface area contributed by atoms with Crippen LogP contribution in [0.4, 0.5) is 0 Å². The first-order valence-corrected chi connectivity index (χ1v) is 8.21. The summed E-state index contributed by atoms with van der Waals surface area (Å²) in [7, 11) is 0. The van der Waals surface area contributed by atoms with Crippen molar-refractivity contribution in [1.82, 2.24) is 25.1 Å². The largest absolute Gasteiger partial charge is 0.338 e. The number of thiazole rings is 1. The fraction of sp³-hybridized carbons (Fsp3) is 0.600. The number of carbonyl (C=O) groups is 1. The van der Waals surface area contributed by atoms with Gasteiger partial charge in [-0.15, -0.1) is 16.4 Å². The molecule has 22 heavy (non-hydrogen) atoms. The van der Waals surface area contributed by atoms with Crippen molar-refractivity contribution in [2.24, 2.45) is 0 Å². The summed E-state index contributed by atoms with van der Waals surface area (Å²) in [5, 5.41) is 10.2. The van der Waals surface area contributed by atoms with Gasteiger partial charge in [-0.3, -0.25) is 4.79 Å². The number of aryl methyl sites for hydroxylation is 1. The molecule has 0 aliphatic carbocycles. The lowest BCUT2D eigenvalue weighted by Gasteiger charge is -2.26. The number of rotatable bonds is 4. The van der Waals surface area contributed by atoms with Gasteiger partial charge < -0.3 is 5.32 Å².